The van der Waals surface area contributed by atoms with Gasteiger partial charge in [-0.2, -0.15) is 0 Å². The Labute approximate surface area is 78.4 Å². The second-order valence-corrected chi connectivity index (χ2v) is 4.24. The van der Waals surface area contributed by atoms with Crippen LogP contribution in [-0.4, -0.2) is 13.1 Å². The summed E-state index contributed by atoms with van der Waals surface area (Å²) >= 11 is 0. The van der Waals surface area contributed by atoms with Crippen molar-refractivity contribution in [1.82, 2.24) is 5.32 Å². The maximum atomic E-state index is 3.49. The molecule has 0 aromatic heterocycles. The lowest BCUT2D eigenvalue weighted by atomic mass is 9.79. The first kappa shape index (κ1) is 10.0. The highest BCUT2D eigenvalue weighted by atomic mass is 14.9. The smallest absolute Gasteiger partial charge is 0.000818 e. The summed E-state index contributed by atoms with van der Waals surface area (Å²) in [6.07, 6.45) is 8.43. The fourth-order valence-corrected chi connectivity index (χ4v) is 2.24. The molecule has 1 rings (SSSR count). The Kier molecular flexibility index (Phi) is 4.07. The van der Waals surface area contributed by atoms with Crippen molar-refractivity contribution in [2.24, 2.45) is 5.41 Å². The lowest BCUT2D eigenvalue weighted by molar-refractivity contribution is 0.273. The van der Waals surface area contributed by atoms with Gasteiger partial charge in [-0.1, -0.05) is 33.1 Å². The largest absolute Gasteiger partial charge is 0.316 e. The van der Waals surface area contributed by atoms with E-state index in [0.29, 0.717) is 5.41 Å². The molecule has 1 saturated heterocycles. The van der Waals surface area contributed by atoms with Gasteiger partial charge in [-0.15, -0.1) is 0 Å². The standard InChI is InChI=1S/C11H23N.H2/c1-3-5-6-7-11(4-2)8-9-12-10-11;/h12H,3-10H2,1-2H3;1H. The van der Waals surface area contributed by atoms with Crippen molar-refractivity contribution < 1.29 is 1.43 Å². The van der Waals surface area contributed by atoms with Crippen LogP contribution in [0.4, 0.5) is 0 Å². The summed E-state index contributed by atoms with van der Waals surface area (Å²) < 4.78 is 0. The zero-order chi connectivity index (χ0) is 8.86. The minimum absolute atomic E-state index is 0. The molecule has 0 aromatic rings. The SMILES string of the molecule is CCCCCC1(CC)CCNC1.[HH]. The van der Waals surface area contributed by atoms with Crippen molar-refractivity contribution in [3.8, 4) is 0 Å². The van der Waals surface area contributed by atoms with Crippen LogP contribution in [-0.2, 0) is 0 Å². The molecule has 0 radical (unpaired) electrons. The fraction of sp³-hybridized carbons (Fsp3) is 1.00. The molecular weight excluding hydrogens is 146 g/mol. The van der Waals surface area contributed by atoms with Crippen LogP contribution >= 0.6 is 0 Å². The Bertz CT molecular complexity index is 119. The highest BCUT2D eigenvalue weighted by molar-refractivity contribution is 4.86. The Hall–Kier alpha value is -0.0400. The molecule has 74 valence electrons. The van der Waals surface area contributed by atoms with Crippen LogP contribution in [0.15, 0.2) is 0 Å². The van der Waals surface area contributed by atoms with Crippen LogP contribution < -0.4 is 5.32 Å². The molecule has 1 atom stereocenters. The summed E-state index contributed by atoms with van der Waals surface area (Å²) in [5.41, 5.74) is 0.676. The number of hydrogen-bond acceptors (Lipinski definition) is 1. The van der Waals surface area contributed by atoms with Crippen LogP contribution in [0.1, 0.15) is 53.8 Å². The lowest BCUT2D eigenvalue weighted by Crippen LogP contribution is -2.22. The highest BCUT2D eigenvalue weighted by Crippen LogP contribution is 2.34. The molecule has 0 spiro atoms. The first-order valence-corrected chi connectivity index (χ1v) is 5.54. The molecule has 1 unspecified atom stereocenters. The van der Waals surface area contributed by atoms with Gasteiger partial charge in [0.2, 0.25) is 0 Å². The van der Waals surface area contributed by atoms with Gasteiger partial charge in [0.25, 0.3) is 0 Å². The molecular formula is C11H25N. The number of nitrogens with one attached hydrogen (secondary N) is 1. The van der Waals surface area contributed by atoms with Gasteiger partial charge >= 0.3 is 0 Å². The number of unbranched alkanes of at least 4 members (excludes halogenated alkanes) is 2. The van der Waals surface area contributed by atoms with Gasteiger partial charge in [-0.05, 0) is 31.2 Å². The van der Waals surface area contributed by atoms with Crippen molar-refractivity contribution in [1.29, 1.82) is 0 Å². The van der Waals surface area contributed by atoms with E-state index < -0.39 is 0 Å². The van der Waals surface area contributed by atoms with Gasteiger partial charge in [0, 0.05) is 7.97 Å². The molecule has 1 heteroatoms. The monoisotopic (exact) mass is 171 g/mol. The summed E-state index contributed by atoms with van der Waals surface area (Å²) in [6.45, 7) is 7.15. The Morgan fingerprint density at radius 2 is 2.17 bits per heavy atom. The van der Waals surface area contributed by atoms with E-state index in [1.807, 2.05) is 0 Å². The van der Waals surface area contributed by atoms with Crippen LogP contribution in [0.5, 0.6) is 0 Å². The van der Waals surface area contributed by atoms with E-state index in [4.69, 9.17) is 0 Å². The predicted molar refractivity (Wildman–Crippen MR) is 56.5 cm³/mol. The molecule has 1 nitrogen and oxygen atoms in total. The van der Waals surface area contributed by atoms with Crippen LogP contribution in [0.2, 0.25) is 0 Å². The first-order valence-electron chi connectivity index (χ1n) is 5.54. The maximum absolute atomic E-state index is 3.49. The third-order valence-corrected chi connectivity index (χ3v) is 3.39. The summed E-state index contributed by atoms with van der Waals surface area (Å²) in [4.78, 5) is 0. The molecule has 0 aromatic carbocycles. The van der Waals surface area contributed by atoms with Crippen molar-refractivity contribution in [2.75, 3.05) is 13.1 Å². The van der Waals surface area contributed by atoms with Gasteiger partial charge in [-0.25, -0.2) is 0 Å². The van der Waals surface area contributed by atoms with Gasteiger partial charge in [-0.3, -0.25) is 0 Å². The average Bonchev–Trinajstić information content (AvgIpc) is 2.55. The molecule has 0 aliphatic carbocycles. The van der Waals surface area contributed by atoms with Gasteiger partial charge < -0.3 is 5.32 Å². The third kappa shape index (κ3) is 2.48. The minimum atomic E-state index is 0. The van der Waals surface area contributed by atoms with Gasteiger partial charge in [0.05, 0.1) is 0 Å². The quantitative estimate of drug-likeness (QED) is 0.626. The summed E-state index contributed by atoms with van der Waals surface area (Å²) in [6, 6.07) is 0. The highest BCUT2D eigenvalue weighted by Gasteiger charge is 2.30. The van der Waals surface area contributed by atoms with Gasteiger partial charge in [0.1, 0.15) is 0 Å². The molecule has 1 heterocycles. The number of hydrogen-bond donors (Lipinski definition) is 1. The summed E-state index contributed by atoms with van der Waals surface area (Å²) in [5, 5.41) is 3.49. The third-order valence-electron chi connectivity index (χ3n) is 3.39. The van der Waals surface area contributed by atoms with Crippen molar-refractivity contribution in [3.05, 3.63) is 0 Å². The van der Waals surface area contributed by atoms with Crippen LogP contribution in [0, 0.1) is 5.41 Å². The molecule has 0 amide bonds. The molecule has 1 aliphatic heterocycles. The van der Waals surface area contributed by atoms with Crippen molar-refractivity contribution in [3.63, 3.8) is 0 Å². The topological polar surface area (TPSA) is 12.0 Å². The Morgan fingerprint density at radius 3 is 2.67 bits per heavy atom. The predicted octanol–water partition coefficient (Wildman–Crippen LogP) is 3.20. The van der Waals surface area contributed by atoms with Gasteiger partial charge in [0.15, 0.2) is 0 Å². The Morgan fingerprint density at radius 1 is 1.33 bits per heavy atom. The zero-order valence-corrected chi connectivity index (χ0v) is 8.66. The maximum Gasteiger partial charge on any atom is 0.000818 e. The van der Waals surface area contributed by atoms with E-state index in [-0.39, 0.29) is 1.43 Å². The number of rotatable bonds is 5. The van der Waals surface area contributed by atoms with Crippen molar-refractivity contribution in [2.45, 2.75) is 52.4 Å². The van der Waals surface area contributed by atoms with E-state index in [1.165, 1.54) is 51.6 Å². The summed E-state index contributed by atoms with van der Waals surface area (Å²) in [7, 11) is 0. The molecule has 1 N–H and O–H groups in total. The van der Waals surface area contributed by atoms with E-state index in [9.17, 15) is 0 Å². The second-order valence-electron chi connectivity index (χ2n) is 4.24. The van der Waals surface area contributed by atoms with E-state index in [0.717, 1.165) is 0 Å². The first-order chi connectivity index (χ1) is 5.83. The zero-order valence-electron chi connectivity index (χ0n) is 8.66. The van der Waals surface area contributed by atoms with Crippen molar-refractivity contribution >= 4 is 0 Å². The average molecular weight is 171 g/mol. The molecule has 12 heavy (non-hydrogen) atoms. The normalized spacial score (nSPS) is 29.5. The molecule has 1 fully saturated rings. The second kappa shape index (κ2) is 4.86. The summed E-state index contributed by atoms with van der Waals surface area (Å²) in [5.74, 6) is 0. The molecule has 0 saturated carbocycles. The molecule has 1 aliphatic rings. The van der Waals surface area contributed by atoms with Crippen LogP contribution in [0.3, 0.4) is 0 Å². The lowest BCUT2D eigenvalue weighted by Gasteiger charge is -2.26. The van der Waals surface area contributed by atoms with E-state index in [1.54, 1.807) is 0 Å². The van der Waals surface area contributed by atoms with Crippen LogP contribution in [0.25, 0.3) is 0 Å². The van der Waals surface area contributed by atoms with E-state index in [2.05, 4.69) is 19.2 Å². The fourth-order valence-electron chi connectivity index (χ4n) is 2.24. The minimum Gasteiger partial charge on any atom is -0.316 e. The van der Waals surface area contributed by atoms with E-state index >= 15 is 0 Å². The molecule has 0 bridgehead atoms. The Balaban J connectivity index is 0.00000144.